The molecule has 0 aromatic heterocycles. The number of benzene rings is 1. The van der Waals surface area contributed by atoms with Crippen LogP contribution in [0, 0.1) is 0 Å². The fraction of sp³-hybridized carbons (Fsp3) is 0.231. The molecular weight excluding hydrogens is 254 g/mol. The second kappa shape index (κ2) is 6.81. The number of aromatic carboxylic acids is 1. The van der Waals surface area contributed by atoms with Gasteiger partial charge in [-0.05, 0) is 18.1 Å². The minimum absolute atomic E-state index is 0.0747. The van der Waals surface area contributed by atoms with Crippen LogP contribution in [-0.4, -0.2) is 23.5 Å². The van der Waals surface area contributed by atoms with E-state index in [0.717, 1.165) is 0 Å². The van der Waals surface area contributed by atoms with Crippen LogP contribution in [-0.2, 0) is 4.79 Å². The molecule has 0 unspecified atom stereocenters. The Morgan fingerprint density at radius 2 is 2.17 bits per heavy atom. The number of amides is 1. The molecule has 0 saturated heterocycles. The lowest BCUT2D eigenvalue weighted by atomic mass is 10.1. The van der Waals surface area contributed by atoms with Crippen molar-refractivity contribution in [2.75, 3.05) is 6.54 Å². The number of hydrogen-bond acceptors (Lipinski definition) is 2. The number of carbonyl (C=O) groups excluding carboxylic acids is 1. The van der Waals surface area contributed by atoms with Gasteiger partial charge in [0.1, 0.15) is 0 Å². The highest BCUT2D eigenvalue weighted by atomic mass is 35.5. The molecule has 0 atom stereocenters. The molecule has 0 bridgehead atoms. The van der Waals surface area contributed by atoms with Crippen LogP contribution < -0.4 is 5.32 Å². The number of halogens is 1. The van der Waals surface area contributed by atoms with E-state index in [1.165, 1.54) is 13.0 Å². The maximum Gasteiger partial charge on any atom is 0.337 e. The predicted octanol–water partition coefficient (Wildman–Crippen LogP) is 2.58. The molecule has 96 valence electrons. The highest BCUT2D eigenvalue weighted by Crippen LogP contribution is 2.22. The van der Waals surface area contributed by atoms with Gasteiger partial charge in [-0.25, -0.2) is 4.79 Å². The lowest BCUT2D eigenvalue weighted by Crippen LogP contribution is -2.20. The van der Waals surface area contributed by atoms with Crippen LogP contribution in [0.15, 0.2) is 24.3 Å². The first-order valence-corrected chi connectivity index (χ1v) is 5.83. The molecule has 0 saturated carbocycles. The van der Waals surface area contributed by atoms with Gasteiger partial charge in [-0.2, -0.15) is 0 Å². The third-order valence-corrected chi connectivity index (χ3v) is 2.66. The monoisotopic (exact) mass is 267 g/mol. The SMILES string of the molecule is CC(=O)NCCC=Cc1cccc(C(=O)O)c1Cl. The van der Waals surface area contributed by atoms with Gasteiger partial charge in [-0.1, -0.05) is 35.9 Å². The van der Waals surface area contributed by atoms with E-state index in [1.54, 1.807) is 18.2 Å². The molecule has 5 heteroatoms. The van der Waals surface area contributed by atoms with Crippen LogP contribution in [0.1, 0.15) is 29.3 Å². The van der Waals surface area contributed by atoms with Gasteiger partial charge < -0.3 is 10.4 Å². The average Bonchev–Trinajstić information content (AvgIpc) is 2.30. The summed E-state index contributed by atoms with van der Waals surface area (Å²) in [6.07, 6.45) is 4.24. The number of hydrogen-bond donors (Lipinski definition) is 2. The summed E-state index contributed by atoms with van der Waals surface area (Å²) in [6, 6.07) is 4.84. The van der Waals surface area contributed by atoms with Crippen LogP contribution in [0.3, 0.4) is 0 Å². The molecule has 4 nitrogen and oxygen atoms in total. The van der Waals surface area contributed by atoms with Gasteiger partial charge in [0.25, 0.3) is 0 Å². The van der Waals surface area contributed by atoms with Crippen molar-refractivity contribution in [3.63, 3.8) is 0 Å². The van der Waals surface area contributed by atoms with Crippen molar-refractivity contribution in [1.29, 1.82) is 0 Å². The number of rotatable bonds is 5. The zero-order valence-electron chi connectivity index (χ0n) is 9.94. The summed E-state index contributed by atoms with van der Waals surface area (Å²) < 4.78 is 0. The van der Waals surface area contributed by atoms with Gasteiger partial charge in [-0.15, -0.1) is 0 Å². The molecule has 0 radical (unpaired) electrons. The number of carbonyl (C=O) groups is 2. The summed E-state index contributed by atoms with van der Waals surface area (Å²) >= 11 is 5.97. The molecular formula is C13H14ClNO3. The Morgan fingerprint density at radius 3 is 2.78 bits per heavy atom. The van der Waals surface area contributed by atoms with E-state index in [-0.39, 0.29) is 16.5 Å². The molecule has 1 aromatic rings. The van der Waals surface area contributed by atoms with Crippen LogP contribution in [0.4, 0.5) is 0 Å². The van der Waals surface area contributed by atoms with Gasteiger partial charge >= 0.3 is 5.97 Å². The Kier molecular flexibility index (Phi) is 5.39. The maximum atomic E-state index is 10.9. The Labute approximate surface area is 110 Å². The standard InChI is InChI=1S/C13H14ClNO3/c1-9(16)15-8-3-2-5-10-6-4-7-11(12(10)14)13(17)18/h2,4-7H,3,8H2,1H3,(H,15,16)(H,17,18). The molecule has 0 fully saturated rings. The van der Waals surface area contributed by atoms with Gasteiger partial charge in [0, 0.05) is 13.5 Å². The summed E-state index contributed by atoms with van der Waals surface area (Å²) in [7, 11) is 0. The smallest absolute Gasteiger partial charge is 0.337 e. The molecule has 0 heterocycles. The van der Waals surface area contributed by atoms with Crippen molar-refractivity contribution >= 4 is 29.6 Å². The number of carboxylic acid groups (broad SMARTS) is 1. The summed E-state index contributed by atoms with van der Waals surface area (Å²) in [5.41, 5.74) is 0.736. The Morgan fingerprint density at radius 1 is 1.44 bits per heavy atom. The fourth-order valence-electron chi connectivity index (χ4n) is 1.39. The van der Waals surface area contributed by atoms with E-state index in [1.807, 2.05) is 6.08 Å². The molecule has 1 amide bonds. The van der Waals surface area contributed by atoms with E-state index < -0.39 is 5.97 Å². The minimum atomic E-state index is -1.05. The molecule has 0 spiro atoms. The molecule has 0 aliphatic rings. The van der Waals surface area contributed by atoms with E-state index in [0.29, 0.717) is 18.5 Å². The highest BCUT2D eigenvalue weighted by Gasteiger charge is 2.09. The second-order valence-electron chi connectivity index (χ2n) is 3.69. The van der Waals surface area contributed by atoms with E-state index in [2.05, 4.69) is 5.32 Å². The van der Waals surface area contributed by atoms with Crippen molar-refractivity contribution in [3.8, 4) is 0 Å². The number of carboxylic acids is 1. The van der Waals surface area contributed by atoms with Crippen molar-refractivity contribution in [1.82, 2.24) is 5.32 Å². The quantitative estimate of drug-likeness (QED) is 0.806. The normalized spacial score (nSPS) is 10.6. The zero-order chi connectivity index (χ0) is 13.5. The third kappa shape index (κ3) is 4.22. The summed E-state index contributed by atoms with van der Waals surface area (Å²) in [5, 5.41) is 11.8. The van der Waals surface area contributed by atoms with Crippen molar-refractivity contribution < 1.29 is 14.7 Å². The van der Waals surface area contributed by atoms with Gasteiger partial charge in [0.15, 0.2) is 0 Å². The highest BCUT2D eigenvalue weighted by molar-refractivity contribution is 6.34. The topological polar surface area (TPSA) is 66.4 Å². The average molecular weight is 268 g/mol. The second-order valence-corrected chi connectivity index (χ2v) is 4.07. The van der Waals surface area contributed by atoms with Gasteiger partial charge in [0.05, 0.1) is 10.6 Å². The summed E-state index contributed by atoms with van der Waals surface area (Å²) in [5.74, 6) is -1.12. The van der Waals surface area contributed by atoms with Crippen LogP contribution >= 0.6 is 11.6 Å². The summed E-state index contributed by atoms with van der Waals surface area (Å²) in [4.78, 5) is 21.5. The van der Waals surface area contributed by atoms with Crippen molar-refractivity contribution in [2.45, 2.75) is 13.3 Å². The zero-order valence-corrected chi connectivity index (χ0v) is 10.7. The molecule has 1 rings (SSSR count). The fourth-order valence-corrected chi connectivity index (χ4v) is 1.66. The Balaban J connectivity index is 2.67. The van der Waals surface area contributed by atoms with E-state index >= 15 is 0 Å². The molecule has 1 aromatic carbocycles. The predicted molar refractivity (Wildman–Crippen MR) is 70.7 cm³/mol. The van der Waals surface area contributed by atoms with Gasteiger partial charge in [-0.3, -0.25) is 4.79 Å². The van der Waals surface area contributed by atoms with Crippen molar-refractivity contribution in [2.24, 2.45) is 0 Å². The molecule has 2 N–H and O–H groups in total. The van der Waals surface area contributed by atoms with E-state index in [4.69, 9.17) is 16.7 Å². The lowest BCUT2D eigenvalue weighted by Gasteiger charge is -2.02. The van der Waals surface area contributed by atoms with Crippen LogP contribution in [0.25, 0.3) is 6.08 Å². The first-order chi connectivity index (χ1) is 8.52. The Hall–Kier alpha value is -1.81. The molecule has 0 aliphatic carbocycles. The maximum absolute atomic E-state index is 10.9. The third-order valence-electron chi connectivity index (χ3n) is 2.24. The van der Waals surface area contributed by atoms with Crippen molar-refractivity contribution in [3.05, 3.63) is 40.4 Å². The van der Waals surface area contributed by atoms with Crippen LogP contribution in [0.2, 0.25) is 5.02 Å². The first kappa shape index (κ1) is 14.3. The van der Waals surface area contributed by atoms with Gasteiger partial charge in [0.2, 0.25) is 5.91 Å². The lowest BCUT2D eigenvalue weighted by molar-refractivity contribution is -0.118. The Bertz CT molecular complexity index is 483. The minimum Gasteiger partial charge on any atom is -0.478 e. The summed E-state index contributed by atoms with van der Waals surface area (Å²) in [6.45, 7) is 2.00. The molecule has 18 heavy (non-hydrogen) atoms. The van der Waals surface area contributed by atoms with Crippen LogP contribution in [0.5, 0.6) is 0 Å². The number of nitrogens with one attached hydrogen (secondary N) is 1. The first-order valence-electron chi connectivity index (χ1n) is 5.45. The largest absolute Gasteiger partial charge is 0.478 e. The molecule has 0 aliphatic heterocycles. The van der Waals surface area contributed by atoms with E-state index in [9.17, 15) is 9.59 Å².